The fourth-order valence-corrected chi connectivity index (χ4v) is 2.82. The third-order valence-electron chi connectivity index (χ3n) is 4.57. The van der Waals surface area contributed by atoms with Gasteiger partial charge in [-0.2, -0.15) is 0 Å². The standard InChI is InChI=1S/C18H36O5.C3H8O3.C2H4/c19-17(20)15-13-11-9-7-5-3-1-2-4-6-8-10-12-14-16-18(21,22)23;4-1-3(6)2-5;1-2/h21-23H,1-16H2,(H,19,20);3-6H,1-2H2;1-2H2. The topological polar surface area (TPSA) is 159 Å². The van der Waals surface area contributed by atoms with Gasteiger partial charge in [0.25, 0.3) is 5.97 Å². The Labute approximate surface area is 188 Å². The van der Waals surface area contributed by atoms with Crippen LogP contribution in [-0.2, 0) is 4.79 Å². The van der Waals surface area contributed by atoms with Crippen LogP contribution in [0.5, 0.6) is 0 Å². The predicted octanol–water partition coefficient (Wildman–Crippen LogP) is 3.08. The van der Waals surface area contributed by atoms with Gasteiger partial charge in [0.15, 0.2) is 0 Å². The highest BCUT2D eigenvalue weighted by Crippen LogP contribution is 2.14. The highest BCUT2D eigenvalue weighted by Gasteiger charge is 2.16. The van der Waals surface area contributed by atoms with E-state index in [4.69, 9.17) is 35.7 Å². The molecule has 8 heteroatoms. The summed E-state index contributed by atoms with van der Waals surface area (Å²) < 4.78 is 0. The Morgan fingerprint density at radius 3 is 1.16 bits per heavy atom. The van der Waals surface area contributed by atoms with Crippen molar-refractivity contribution >= 4 is 5.97 Å². The minimum atomic E-state index is -2.49. The van der Waals surface area contributed by atoms with Crippen molar-refractivity contribution in [3.63, 3.8) is 0 Å². The van der Waals surface area contributed by atoms with Gasteiger partial charge in [-0.3, -0.25) is 4.79 Å². The lowest BCUT2D eigenvalue weighted by Crippen LogP contribution is -2.26. The fourth-order valence-electron chi connectivity index (χ4n) is 2.82. The van der Waals surface area contributed by atoms with Gasteiger partial charge in [-0.1, -0.05) is 77.0 Å². The largest absolute Gasteiger partial charge is 0.481 e. The van der Waals surface area contributed by atoms with Crippen LogP contribution in [0.3, 0.4) is 0 Å². The average Bonchev–Trinajstić information content (AvgIpc) is 2.73. The number of hydrogen-bond donors (Lipinski definition) is 7. The van der Waals surface area contributed by atoms with Crippen molar-refractivity contribution in [2.45, 2.75) is 115 Å². The second-order valence-corrected chi connectivity index (χ2v) is 7.64. The number of rotatable bonds is 19. The van der Waals surface area contributed by atoms with E-state index in [9.17, 15) is 4.79 Å². The molecule has 0 aromatic carbocycles. The highest BCUT2D eigenvalue weighted by atomic mass is 16.7. The van der Waals surface area contributed by atoms with Gasteiger partial charge < -0.3 is 35.7 Å². The monoisotopic (exact) mass is 452 g/mol. The average molecular weight is 453 g/mol. The van der Waals surface area contributed by atoms with Crippen molar-refractivity contribution in [3.05, 3.63) is 13.2 Å². The van der Waals surface area contributed by atoms with E-state index in [0.717, 1.165) is 32.1 Å². The minimum absolute atomic E-state index is 0.0311. The summed E-state index contributed by atoms with van der Waals surface area (Å²) in [7, 11) is 0. The van der Waals surface area contributed by atoms with Gasteiger partial charge in [-0.15, -0.1) is 13.2 Å². The van der Waals surface area contributed by atoms with Gasteiger partial charge >= 0.3 is 5.97 Å². The number of aliphatic hydroxyl groups excluding tert-OH is 3. The van der Waals surface area contributed by atoms with Crippen molar-refractivity contribution in [2.75, 3.05) is 13.2 Å². The quantitative estimate of drug-likeness (QED) is 0.0894. The van der Waals surface area contributed by atoms with Crippen LogP contribution in [0.25, 0.3) is 0 Å². The van der Waals surface area contributed by atoms with Crippen LogP contribution in [0, 0.1) is 0 Å². The zero-order valence-electron chi connectivity index (χ0n) is 19.3. The summed E-state index contributed by atoms with van der Waals surface area (Å²) in [6.07, 6.45) is 15.1. The zero-order chi connectivity index (χ0) is 24.4. The number of carbonyl (C=O) groups is 1. The molecule has 31 heavy (non-hydrogen) atoms. The summed E-state index contributed by atoms with van der Waals surface area (Å²) in [5.74, 6) is -3.18. The van der Waals surface area contributed by atoms with Crippen molar-refractivity contribution in [3.8, 4) is 0 Å². The van der Waals surface area contributed by atoms with Gasteiger partial charge in [0.2, 0.25) is 0 Å². The van der Waals surface area contributed by atoms with Crippen LogP contribution in [0.15, 0.2) is 13.2 Å². The van der Waals surface area contributed by atoms with Crippen LogP contribution in [0.1, 0.15) is 103 Å². The van der Waals surface area contributed by atoms with E-state index in [-0.39, 0.29) is 19.6 Å². The van der Waals surface area contributed by atoms with Gasteiger partial charge in [0, 0.05) is 12.8 Å². The second kappa shape index (κ2) is 27.0. The SMILES string of the molecule is C=C.O=C(O)CCCCCCCCCCCCCCCCC(O)(O)O.OCC(O)CO. The van der Waals surface area contributed by atoms with Crippen LogP contribution in [0.4, 0.5) is 0 Å². The van der Waals surface area contributed by atoms with Crippen LogP contribution >= 0.6 is 0 Å². The Balaban J connectivity index is -0.000000836. The fraction of sp³-hybridized carbons (Fsp3) is 0.870. The highest BCUT2D eigenvalue weighted by molar-refractivity contribution is 5.66. The first-order chi connectivity index (χ1) is 14.7. The maximum absolute atomic E-state index is 10.3. The summed E-state index contributed by atoms with van der Waals surface area (Å²) in [6.45, 7) is 5.27. The van der Waals surface area contributed by atoms with E-state index in [1.54, 1.807) is 0 Å². The summed E-state index contributed by atoms with van der Waals surface area (Å²) in [5, 5.41) is 58.7. The number of aliphatic carboxylic acids is 1. The van der Waals surface area contributed by atoms with Crippen LogP contribution in [0.2, 0.25) is 0 Å². The van der Waals surface area contributed by atoms with Crippen molar-refractivity contribution in [1.29, 1.82) is 0 Å². The van der Waals surface area contributed by atoms with Crippen molar-refractivity contribution in [1.82, 2.24) is 0 Å². The molecule has 0 aromatic heterocycles. The van der Waals surface area contributed by atoms with Crippen molar-refractivity contribution in [2.24, 2.45) is 0 Å². The first-order valence-corrected chi connectivity index (χ1v) is 11.5. The van der Waals surface area contributed by atoms with Gasteiger partial charge in [-0.05, 0) is 12.8 Å². The molecule has 0 saturated carbocycles. The lowest BCUT2D eigenvalue weighted by Gasteiger charge is -2.12. The molecule has 0 amide bonds. The third-order valence-corrected chi connectivity index (χ3v) is 4.57. The Morgan fingerprint density at radius 1 is 0.645 bits per heavy atom. The summed E-state index contributed by atoms with van der Waals surface area (Å²) in [5.41, 5.74) is 0. The number of carboxylic acids is 1. The van der Waals surface area contributed by atoms with Gasteiger partial charge in [0.1, 0.15) is 6.10 Å². The van der Waals surface area contributed by atoms with Crippen LogP contribution in [-0.4, -0.2) is 67.0 Å². The zero-order valence-corrected chi connectivity index (χ0v) is 19.3. The Bertz CT molecular complexity index is 354. The molecule has 0 fully saturated rings. The molecule has 0 atom stereocenters. The first kappa shape index (κ1) is 34.6. The summed E-state index contributed by atoms with van der Waals surface area (Å²) in [4.78, 5) is 10.3. The number of hydrogen-bond acceptors (Lipinski definition) is 7. The maximum Gasteiger partial charge on any atom is 0.303 e. The molecule has 0 unspecified atom stereocenters. The molecule has 8 nitrogen and oxygen atoms in total. The van der Waals surface area contributed by atoms with E-state index in [2.05, 4.69) is 13.2 Å². The molecule has 0 spiro atoms. The van der Waals surface area contributed by atoms with E-state index in [1.807, 2.05) is 0 Å². The molecule has 0 saturated heterocycles. The van der Waals surface area contributed by atoms with E-state index >= 15 is 0 Å². The maximum atomic E-state index is 10.3. The van der Waals surface area contributed by atoms with Crippen molar-refractivity contribution < 1.29 is 40.5 Å². The molecule has 0 bridgehead atoms. The molecule has 0 heterocycles. The summed E-state index contributed by atoms with van der Waals surface area (Å²) >= 11 is 0. The van der Waals surface area contributed by atoms with E-state index < -0.39 is 18.0 Å². The van der Waals surface area contributed by atoms with E-state index in [0.29, 0.717) is 12.8 Å². The van der Waals surface area contributed by atoms with Crippen LogP contribution < -0.4 is 0 Å². The normalized spacial score (nSPS) is 10.8. The van der Waals surface area contributed by atoms with E-state index in [1.165, 1.54) is 51.4 Å². The summed E-state index contributed by atoms with van der Waals surface area (Å²) in [6, 6.07) is 0. The molecule has 0 aliphatic carbocycles. The molecular formula is C23H48O8. The molecule has 0 radical (unpaired) electrons. The van der Waals surface area contributed by atoms with Gasteiger partial charge in [0.05, 0.1) is 13.2 Å². The molecule has 0 aromatic rings. The minimum Gasteiger partial charge on any atom is -0.481 e. The molecule has 0 rings (SSSR count). The van der Waals surface area contributed by atoms with Gasteiger partial charge in [-0.25, -0.2) is 0 Å². The molecule has 0 aliphatic rings. The smallest absolute Gasteiger partial charge is 0.303 e. The molecule has 0 aliphatic heterocycles. The Kier molecular flexibility index (Phi) is 30.1. The number of aliphatic hydroxyl groups is 6. The third kappa shape index (κ3) is 39.9. The lowest BCUT2D eigenvalue weighted by atomic mass is 10.0. The Morgan fingerprint density at radius 2 is 0.935 bits per heavy atom. The first-order valence-electron chi connectivity index (χ1n) is 11.5. The lowest BCUT2D eigenvalue weighted by molar-refractivity contribution is -0.315. The predicted molar refractivity (Wildman–Crippen MR) is 122 cm³/mol. The second-order valence-electron chi connectivity index (χ2n) is 7.64. The Hall–Kier alpha value is -1.03. The molecule has 7 N–H and O–H groups in total. The number of carboxylic acid groups (broad SMARTS) is 1. The molecular weight excluding hydrogens is 404 g/mol. The number of unbranched alkanes of at least 4 members (excludes halogenated alkanes) is 13. The molecule has 188 valence electrons.